The first-order valence-electron chi connectivity index (χ1n) is 10.7. The van der Waals surface area contributed by atoms with Crippen LogP contribution in [0.3, 0.4) is 0 Å². The molecule has 5 rings (SSSR count). The molecule has 0 aliphatic heterocycles. The lowest BCUT2D eigenvalue weighted by atomic mass is 10.0. The summed E-state index contributed by atoms with van der Waals surface area (Å²) < 4.78 is 73.3. The Labute approximate surface area is 203 Å². The third kappa shape index (κ3) is 4.80. The molecule has 0 amide bonds. The van der Waals surface area contributed by atoms with Crippen molar-refractivity contribution >= 4 is 37.6 Å². The van der Waals surface area contributed by atoms with Gasteiger partial charge >= 0.3 is 11.8 Å². The largest absolute Gasteiger partial charge is 0.423 e. The molecule has 5 aromatic rings. The molecule has 0 atom stereocenters. The van der Waals surface area contributed by atoms with Crippen LogP contribution in [-0.2, 0) is 22.6 Å². The van der Waals surface area contributed by atoms with Crippen molar-refractivity contribution in [3.8, 4) is 0 Å². The van der Waals surface area contributed by atoms with E-state index in [9.17, 15) is 26.4 Å². The van der Waals surface area contributed by atoms with Crippen LogP contribution in [0.25, 0.3) is 21.9 Å². The molecule has 0 saturated carbocycles. The van der Waals surface area contributed by atoms with Gasteiger partial charge in [0.05, 0.1) is 16.0 Å². The first kappa shape index (κ1) is 23.6. The third-order valence-electron chi connectivity index (χ3n) is 5.61. The fourth-order valence-corrected chi connectivity index (χ4v) is 4.98. The van der Waals surface area contributed by atoms with E-state index in [1.165, 1.54) is 24.3 Å². The number of hydrogen-bond acceptors (Lipinski definition) is 5. The molecule has 0 bridgehead atoms. The Bertz CT molecular complexity index is 1760. The van der Waals surface area contributed by atoms with E-state index < -0.39 is 27.4 Å². The van der Waals surface area contributed by atoms with Gasteiger partial charge in [-0.3, -0.25) is 9.71 Å². The number of nitrogens with one attached hydrogen (secondary N) is 1. The molecule has 2 aromatic heterocycles. The molecule has 0 aliphatic rings. The van der Waals surface area contributed by atoms with Crippen molar-refractivity contribution in [2.75, 3.05) is 4.72 Å². The van der Waals surface area contributed by atoms with Crippen molar-refractivity contribution in [1.82, 2.24) is 4.98 Å². The normalized spacial score (nSPS) is 12.2. The van der Waals surface area contributed by atoms with Crippen LogP contribution in [0.15, 0.2) is 99.2 Å². The Balaban J connectivity index is 1.38. The summed E-state index contributed by atoms with van der Waals surface area (Å²) in [4.78, 5) is 15.7. The van der Waals surface area contributed by atoms with Crippen LogP contribution in [0.4, 0.5) is 18.9 Å². The lowest BCUT2D eigenvalue weighted by molar-refractivity contribution is -0.136. The summed E-state index contributed by atoms with van der Waals surface area (Å²) in [7, 11) is -3.86. The highest BCUT2D eigenvalue weighted by atomic mass is 32.2. The second kappa shape index (κ2) is 8.80. The molecular formula is C26H17F3N2O4S. The van der Waals surface area contributed by atoms with E-state index in [1.54, 1.807) is 48.7 Å². The minimum absolute atomic E-state index is 0.0391. The van der Waals surface area contributed by atoms with Crippen LogP contribution in [0.1, 0.15) is 16.7 Å². The average Bonchev–Trinajstić information content (AvgIpc) is 2.83. The molecular weight excluding hydrogens is 493 g/mol. The highest BCUT2D eigenvalue weighted by Crippen LogP contribution is 2.34. The topological polar surface area (TPSA) is 89.3 Å². The van der Waals surface area contributed by atoms with E-state index in [4.69, 9.17) is 4.42 Å². The number of alkyl halides is 3. The number of halogens is 3. The van der Waals surface area contributed by atoms with Crippen molar-refractivity contribution in [3.05, 3.63) is 112 Å². The molecule has 3 aromatic carbocycles. The number of benzene rings is 3. The van der Waals surface area contributed by atoms with Crippen molar-refractivity contribution in [2.24, 2.45) is 0 Å². The Hall–Kier alpha value is -4.18. The van der Waals surface area contributed by atoms with E-state index in [1.807, 2.05) is 6.07 Å². The van der Waals surface area contributed by atoms with E-state index in [0.29, 0.717) is 22.9 Å². The van der Waals surface area contributed by atoms with Gasteiger partial charge in [0.2, 0.25) is 0 Å². The van der Waals surface area contributed by atoms with Crippen LogP contribution >= 0.6 is 0 Å². The minimum atomic E-state index is -4.71. The molecule has 1 N–H and O–H groups in total. The van der Waals surface area contributed by atoms with Crippen LogP contribution in [0.5, 0.6) is 0 Å². The molecule has 2 heterocycles. The average molecular weight is 510 g/mol. The smallest absolute Gasteiger partial charge is 0.417 e. The van der Waals surface area contributed by atoms with Crippen LogP contribution < -0.4 is 10.3 Å². The Morgan fingerprint density at radius 2 is 1.64 bits per heavy atom. The molecule has 0 unspecified atom stereocenters. The summed E-state index contributed by atoms with van der Waals surface area (Å²) in [5, 5.41) is 0.574. The molecule has 0 spiro atoms. The van der Waals surface area contributed by atoms with Gasteiger partial charge in [-0.15, -0.1) is 0 Å². The fraction of sp³-hybridized carbons (Fsp3) is 0.0769. The number of nitrogens with zero attached hydrogens (tertiary/aromatic N) is 1. The predicted octanol–water partition coefficient (Wildman–Crippen LogP) is 5.75. The van der Waals surface area contributed by atoms with Gasteiger partial charge in [0.15, 0.2) is 0 Å². The second-order valence-corrected chi connectivity index (χ2v) is 9.83. The van der Waals surface area contributed by atoms with Crippen molar-refractivity contribution < 1.29 is 26.0 Å². The number of rotatable bonds is 5. The number of hydrogen-bond donors (Lipinski definition) is 1. The van der Waals surface area contributed by atoms with Gasteiger partial charge < -0.3 is 4.42 Å². The molecule has 10 heteroatoms. The maximum Gasteiger partial charge on any atom is 0.417 e. The summed E-state index contributed by atoms with van der Waals surface area (Å²) in [6.45, 7) is 0. The van der Waals surface area contributed by atoms with Crippen molar-refractivity contribution in [3.63, 3.8) is 0 Å². The van der Waals surface area contributed by atoms with Gasteiger partial charge in [-0.1, -0.05) is 24.3 Å². The SMILES string of the molecule is O=c1cc(C(F)(F)F)c2cc(Cc3ccc(S(=O)(=O)Nc4ccc5ncccc5c4)cc3)ccc2o1. The van der Waals surface area contributed by atoms with Gasteiger partial charge in [-0.05, 0) is 66.1 Å². The Morgan fingerprint density at radius 3 is 2.39 bits per heavy atom. The van der Waals surface area contributed by atoms with E-state index in [-0.39, 0.29) is 22.3 Å². The van der Waals surface area contributed by atoms with Crippen LogP contribution in [0.2, 0.25) is 0 Å². The summed E-state index contributed by atoms with van der Waals surface area (Å²) >= 11 is 0. The number of aromatic nitrogens is 1. The molecule has 0 aliphatic carbocycles. The zero-order valence-electron chi connectivity index (χ0n) is 18.4. The highest BCUT2D eigenvalue weighted by Gasteiger charge is 2.33. The Kier molecular flexibility index (Phi) is 5.76. The third-order valence-corrected chi connectivity index (χ3v) is 7.01. The van der Waals surface area contributed by atoms with Gasteiger partial charge in [-0.2, -0.15) is 13.2 Å². The monoisotopic (exact) mass is 510 g/mol. The maximum atomic E-state index is 13.4. The van der Waals surface area contributed by atoms with Gasteiger partial charge in [-0.25, -0.2) is 13.2 Å². The highest BCUT2D eigenvalue weighted by molar-refractivity contribution is 7.92. The van der Waals surface area contributed by atoms with Crippen molar-refractivity contribution in [2.45, 2.75) is 17.5 Å². The van der Waals surface area contributed by atoms with Gasteiger partial charge in [0, 0.05) is 28.7 Å². The zero-order chi connectivity index (χ0) is 25.5. The summed E-state index contributed by atoms with van der Waals surface area (Å²) in [6, 6.07) is 19.3. The summed E-state index contributed by atoms with van der Waals surface area (Å²) in [6.07, 6.45) is -2.81. The number of sulfonamides is 1. The number of pyridine rings is 1. The number of fused-ring (bicyclic) bond motifs is 2. The lowest BCUT2D eigenvalue weighted by Crippen LogP contribution is -2.13. The molecule has 36 heavy (non-hydrogen) atoms. The first-order valence-corrected chi connectivity index (χ1v) is 12.2. The molecule has 0 saturated heterocycles. The van der Waals surface area contributed by atoms with Crippen LogP contribution in [-0.4, -0.2) is 13.4 Å². The fourth-order valence-electron chi connectivity index (χ4n) is 3.93. The van der Waals surface area contributed by atoms with E-state index in [0.717, 1.165) is 10.9 Å². The molecule has 0 fully saturated rings. The quantitative estimate of drug-likeness (QED) is 0.304. The minimum Gasteiger partial charge on any atom is -0.423 e. The first-order chi connectivity index (χ1) is 17.1. The van der Waals surface area contributed by atoms with E-state index >= 15 is 0 Å². The van der Waals surface area contributed by atoms with Crippen LogP contribution in [0, 0.1) is 0 Å². The standard InChI is InChI=1S/C26H17F3N2O4S/c27-26(28,29)22-15-25(32)35-24-10-5-17(13-21(22)24)12-16-3-7-20(8-4-16)36(33,34)31-19-6-9-23-18(14-19)2-1-11-30-23/h1-11,13-15,31H,12H2. The lowest BCUT2D eigenvalue weighted by Gasteiger charge is -2.11. The number of anilines is 1. The summed E-state index contributed by atoms with van der Waals surface area (Å²) in [5.74, 6) is 0. The van der Waals surface area contributed by atoms with Gasteiger partial charge in [0.1, 0.15) is 5.58 Å². The maximum absolute atomic E-state index is 13.4. The molecule has 6 nitrogen and oxygen atoms in total. The second-order valence-electron chi connectivity index (χ2n) is 8.14. The Morgan fingerprint density at radius 1 is 0.889 bits per heavy atom. The van der Waals surface area contributed by atoms with Crippen molar-refractivity contribution in [1.29, 1.82) is 0 Å². The summed E-state index contributed by atoms with van der Waals surface area (Å²) in [5.41, 5.74) is 0.0683. The van der Waals surface area contributed by atoms with E-state index in [2.05, 4.69) is 9.71 Å². The predicted molar refractivity (Wildman–Crippen MR) is 129 cm³/mol. The molecule has 182 valence electrons. The van der Waals surface area contributed by atoms with Gasteiger partial charge in [0.25, 0.3) is 10.0 Å². The zero-order valence-corrected chi connectivity index (χ0v) is 19.2. The molecule has 0 radical (unpaired) electrons.